The number of anilines is 4. The van der Waals surface area contributed by atoms with Crippen molar-refractivity contribution in [1.29, 1.82) is 0 Å². The van der Waals surface area contributed by atoms with E-state index in [0.717, 1.165) is 6.07 Å². The molecule has 0 aliphatic rings. The quantitative estimate of drug-likeness (QED) is 0.444. The van der Waals surface area contributed by atoms with Crippen molar-refractivity contribution < 1.29 is 27.8 Å². The van der Waals surface area contributed by atoms with E-state index in [1.165, 1.54) is 25.3 Å². The van der Waals surface area contributed by atoms with Crippen LogP contribution in [0.25, 0.3) is 0 Å². The molecule has 0 aliphatic carbocycles. The van der Waals surface area contributed by atoms with Gasteiger partial charge in [-0.15, -0.1) is 0 Å². The Bertz CT molecular complexity index is 1100. The molecule has 5 nitrogen and oxygen atoms in total. The highest BCUT2D eigenvalue weighted by Crippen LogP contribution is 2.37. The van der Waals surface area contributed by atoms with E-state index in [1.54, 1.807) is 48.3 Å². The van der Waals surface area contributed by atoms with E-state index in [1.807, 2.05) is 0 Å². The van der Waals surface area contributed by atoms with Crippen molar-refractivity contribution >= 4 is 40.3 Å². The first-order valence-electron chi connectivity index (χ1n) is 8.99. The SMILES string of the molecule is COc1ccc(Nc2ccc(N(C)c3ccc(C(F)(F)F)c(Cl)c3)cc2)c(C(=O)O)c1. The van der Waals surface area contributed by atoms with Crippen LogP contribution < -0.4 is 15.0 Å². The standard InChI is InChI=1S/C22H18ClF3N2O3/c1-28(15-7-9-18(19(23)11-15)22(24,25)26)14-5-3-13(4-6-14)27-20-10-8-16(31-2)12-17(20)21(29)30/h3-12,27H,1-2H3,(H,29,30). The molecule has 0 spiro atoms. The molecular formula is C22H18ClF3N2O3. The lowest BCUT2D eigenvalue weighted by molar-refractivity contribution is -0.137. The molecule has 0 saturated carbocycles. The molecule has 2 N–H and O–H groups in total. The molecule has 0 heterocycles. The number of carboxylic acid groups (broad SMARTS) is 1. The third-order valence-electron chi connectivity index (χ3n) is 4.64. The highest BCUT2D eigenvalue weighted by molar-refractivity contribution is 6.31. The van der Waals surface area contributed by atoms with Crippen LogP contribution in [0.3, 0.4) is 0 Å². The average molecular weight is 451 g/mol. The van der Waals surface area contributed by atoms with Crippen LogP contribution in [0, 0.1) is 0 Å². The van der Waals surface area contributed by atoms with Crippen LogP contribution in [0.2, 0.25) is 5.02 Å². The number of carbonyl (C=O) groups is 1. The van der Waals surface area contributed by atoms with Gasteiger partial charge in [-0.3, -0.25) is 0 Å². The van der Waals surface area contributed by atoms with Gasteiger partial charge in [-0.1, -0.05) is 11.6 Å². The van der Waals surface area contributed by atoms with Crippen LogP contribution in [0.4, 0.5) is 35.9 Å². The Morgan fingerprint density at radius 2 is 1.68 bits per heavy atom. The van der Waals surface area contributed by atoms with Gasteiger partial charge in [0.25, 0.3) is 0 Å². The molecule has 0 atom stereocenters. The lowest BCUT2D eigenvalue weighted by Gasteiger charge is -2.21. The van der Waals surface area contributed by atoms with Crippen molar-refractivity contribution in [2.45, 2.75) is 6.18 Å². The molecule has 0 fully saturated rings. The maximum absolute atomic E-state index is 12.9. The van der Waals surface area contributed by atoms with Crippen molar-refractivity contribution in [3.05, 3.63) is 76.8 Å². The maximum Gasteiger partial charge on any atom is 0.417 e. The number of ether oxygens (including phenoxy) is 1. The summed E-state index contributed by atoms with van der Waals surface area (Å²) in [4.78, 5) is 13.2. The topological polar surface area (TPSA) is 61.8 Å². The van der Waals surface area contributed by atoms with Crippen molar-refractivity contribution in [3.63, 3.8) is 0 Å². The summed E-state index contributed by atoms with van der Waals surface area (Å²) in [6.07, 6.45) is -4.52. The number of benzene rings is 3. The third-order valence-corrected chi connectivity index (χ3v) is 4.95. The number of aromatic carboxylic acids is 1. The van der Waals surface area contributed by atoms with E-state index in [0.29, 0.717) is 28.5 Å². The number of alkyl halides is 3. The van der Waals surface area contributed by atoms with E-state index in [9.17, 15) is 23.1 Å². The molecule has 0 saturated heterocycles. The maximum atomic E-state index is 12.9. The Hall–Kier alpha value is -3.39. The predicted octanol–water partition coefficient (Wildman–Crippen LogP) is 6.58. The minimum Gasteiger partial charge on any atom is -0.497 e. The third kappa shape index (κ3) is 5.03. The van der Waals surface area contributed by atoms with Gasteiger partial charge in [0, 0.05) is 24.1 Å². The van der Waals surface area contributed by atoms with Gasteiger partial charge in [0.1, 0.15) is 5.75 Å². The summed E-state index contributed by atoms with van der Waals surface area (Å²) in [6, 6.07) is 15.2. The molecule has 3 aromatic carbocycles. The van der Waals surface area contributed by atoms with Crippen molar-refractivity contribution in [3.8, 4) is 5.75 Å². The van der Waals surface area contributed by atoms with Gasteiger partial charge in [0.15, 0.2) is 0 Å². The van der Waals surface area contributed by atoms with Gasteiger partial charge in [-0.2, -0.15) is 13.2 Å². The van der Waals surface area contributed by atoms with Crippen molar-refractivity contribution in [1.82, 2.24) is 0 Å². The normalized spacial score (nSPS) is 11.2. The summed E-state index contributed by atoms with van der Waals surface area (Å²) in [5.41, 5.74) is 1.38. The molecule has 0 aliphatic heterocycles. The average Bonchev–Trinajstić information content (AvgIpc) is 2.73. The minimum absolute atomic E-state index is 0.0555. The highest BCUT2D eigenvalue weighted by atomic mass is 35.5. The molecule has 0 bridgehead atoms. The summed E-state index contributed by atoms with van der Waals surface area (Å²) in [6.45, 7) is 0. The summed E-state index contributed by atoms with van der Waals surface area (Å²) in [7, 11) is 3.15. The fourth-order valence-electron chi connectivity index (χ4n) is 2.95. The lowest BCUT2D eigenvalue weighted by atomic mass is 10.1. The van der Waals surface area contributed by atoms with Crippen LogP contribution in [0.15, 0.2) is 60.7 Å². The van der Waals surface area contributed by atoms with Gasteiger partial charge < -0.3 is 20.1 Å². The summed E-state index contributed by atoms with van der Waals surface area (Å²) < 4.78 is 43.8. The molecule has 31 heavy (non-hydrogen) atoms. The number of hydrogen-bond acceptors (Lipinski definition) is 4. The highest BCUT2D eigenvalue weighted by Gasteiger charge is 2.33. The second-order valence-electron chi connectivity index (χ2n) is 6.61. The molecule has 0 amide bonds. The number of rotatable bonds is 6. The largest absolute Gasteiger partial charge is 0.497 e. The predicted molar refractivity (Wildman–Crippen MR) is 114 cm³/mol. The fourth-order valence-corrected chi connectivity index (χ4v) is 3.23. The van der Waals surface area contributed by atoms with Crippen molar-refractivity contribution in [2.24, 2.45) is 0 Å². The molecule has 0 aromatic heterocycles. The number of nitrogens with one attached hydrogen (secondary N) is 1. The molecule has 0 unspecified atom stereocenters. The second kappa shape index (κ2) is 8.77. The van der Waals surface area contributed by atoms with E-state index in [-0.39, 0.29) is 10.6 Å². The van der Waals surface area contributed by atoms with Crippen LogP contribution in [-0.4, -0.2) is 25.2 Å². The van der Waals surface area contributed by atoms with E-state index < -0.39 is 17.7 Å². The Morgan fingerprint density at radius 3 is 2.23 bits per heavy atom. The Labute approximate surface area is 181 Å². The van der Waals surface area contributed by atoms with Crippen LogP contribution in [0.5, 0.6) is 5.75 Å². The smallest absolute Gasteiger partial charge is 0.417 e. The molecule has 3 rings (SSSR count). The molecular weight excluding hydrogens is 433 g/mol. The number of halogens is 4. The van der Waals surface area contributed by atoms with Crippen LogP contribution >= 0.6 is 11.6 Å². The zero-order chi connectivity index (χ0) is 22.8. The number of methoxy groups -OCH3 is 1. The van der Waals surface area contributed by atoms with E-state index in [4.69, 9.17) is 16.3 Å². The first-order chi connectivity index (χ1) is 14.6. The van der Waals surface area contributed by atoms with Crippen molar-refractivity contribution in [2.75, 3.05) is 24.4 Å². The monoisotopic (exact) mass is 450 g/mol. The van der Waals surface area contributed by atoms with Gasteiger partial charge in [-0.25, -0.2) is 4.79 Å². The Kier molecular flexibility index (Phi) is 6.31. The number of carboxylic acids is 1. The first kappa shape index (κ1) is 22.3. The Balaban J connectivity index is 1.81. The van der Waals surface area contributed by atoms with E-state index in [2.05, 4.69) is 5.32 Å². The van der Waals surface area contributed by atoms with Gasteiger partial charge in [0.05, 0.1) is 28.9 Å². The zero-order valence-corrected chi connectivity index (χ0v) is 17.3. The second-order valence-corrected chi connectivity index (χ2v) is 7.02. The molecule has 9 heteroatoms. The molecule has 162 valence electrons. The molecule has 3 aromatic rings. The van der Waals surface area contributed by atoms with Gasteiger partial charge in [-0.05, 0) is 60.7 Å². The van der Waals surface area contributed by atoms with Crippen LogP contribution in [0.1, 0.15) is 15.9 Å². The van der Waals surface area contributed by atoms with Gasteiger partial charge in [0.2, 0.25) is 0 Å². The van der Waals surface area contributed by atoms with Crippen LogP contribution in [-0.2, 0) is 6.18 Å². The summed E-state index contributed by atoms with van der Waals surface area (Å²) >= 11 is 5.81. The number of hydrogen-bond donors (Lipinski definition) is 2. The zero-order valence-electron chi connectivity index (χ0n) is 16.5. The minimum atomic E-state index is -4.52. The van der Waals surface area contributed by atoms with Gasteiger partial charge >= 0.3 is 12.1 Å². The number of nitrogens with zero attached hydrogens (tertiary/aromatic N) is 1. The van der Waals surface area contributed by atoms with E-state index >= 15 is 0 Å². The summed E-state index contributed by atoms with van der Waals surface area (Å²) in [5.74, 6) is -0.674. The fraction of sp³-hybridized carbons (Fsp3) is 0.136. The first-order valence-corrected chi connectivity index (χ1v) is 9.37. The summed E-state index contributed by atoms with van der Waals surface area (Å²) in [5, 5.41) is 12.1. The Morgan fingerprint density at radius 1 is 1.03 bits per heavy atom. The lowest BCUT2D eigenvalue weighted by Crippen LogP contribution is -2.11. The molecule has 0 radical (unpaired) electrons.